The van der Waals surface area contributed by atoms with E-state index in [1.807, 2.05) is 42.6 Å². The van der Waals surface area contributed by atoms with Crippen LogP contribution in [0.5, 0.6) is 0 Å². The minimum absolute atomic E-state index is 0.623. The first kappa shape index (κ1) is 10.7. The van der Waals surface area contributed by atoms with Crippen LogP contribution in [0.15, 0.2) is 54.7 Å². The highest BCUT2D eigenvalue weighted by Gasteiger charge is 2.00. The summed E-state index contributed by atoms with van der Waals surface area (Å²) in [5.41, 5.74) is 3.16. The van der Waals surface area contributed by atoms with E-state index in [0.29, 0.717) is 5.95 Å². The first-order valence-electron chi connectivity index (χ1n) is 5.87. The Labute approximate surface area is 106 Å². The Morgan fingerprint density at radius 3 is 2.67 bits per heavy atom. The van der Waals surface area contributed by atoms with Gasteiger partial charge in [-0.15, -0.1) is 0 Å². The molecule has 1 aromatic heterocycles. The van der Waals surface area contributed by atoms with E-state index in [2.05, 4.69) is 34.3 Å². The molecule has 0 amide bonds. The van der Waals surface area contributed by atoms with E-state index in [1.165, 1.54) is 5.56 Å². The van der Waals surface area contributed by atoms with E-state index in [4.69, 9.17) is 0 Å². The molecular weight excluding hydrogens is 222 g/mol. The van der Waals surface area contributed by atoms with Gasteiger partial charge in [-0.2, -0.15) is 0 Å². The first-order chi connectivity index (χ1) is 8.81. The standard InChI is InChI=1S/C15H13N3/c1-11-7-8-14-12(9-11)10-16-15(18-14)17-13-5-3-2-4-6-13/h2-10H,1H3,(H,16,17,18). The third-order valence-electron chi connectivity index (χ3n) is 2.77. The molecule has 0 aliphatic carbocycles. The van der Waals surface area contributed by atoms with Gasteiger partial charge in [0.05, 0.1) is 5.52 Å². The van der Waals surface area contributed by atoms with Crippen molar-refractivity contribution in [2.75, 3.05) is 5.32 Å². The van der Waals surface area contributed by atoms with Gasteiger partial charge in [0.1, 0.15) is 0 Å². The fraction of sp³-hybridized carbons (Fsp3) is 0.0667. The molecule has 0 saturated heterocycles. The average Bonchev–Trinajstić information content (AvgIpc) is 2.40. The van der Waals surface area contributed by atoms with Gasteiger partial charge < -0.3 is 5.32 Å². The van der Waals surface area contributed by atoms with Crippen LogP contribution in [0.2, 0.25) is 0 Å². The van der Waals surface area contributed by atoms with Gasteiger partial charge in [-0.05, 0) is 31.2 Å². The van der Waals surface area contributed by atoms with Gasteiger partial charge in [-0.3, -0.25) is 0 Å². The predicted molar refractivity (Wildman–Crippen MR) is 74.0 cm³/mol. The Morgan fingerprint density at radius 1 is 1.00 bits per heavy atom. The van der Waals surface area contributed by atoms with Crippen molar-refractivity contribution in [3.8, 4) is 0 Å². The zero-order valence-corrected chi connectivity index (χ0v) is 10.1. The molecule has 3 aromatic rings. The monoisotopic (exact) mass is 235 g/mol. The lowest BCUT2D eigenvalue weighted by atomic mass is 10.2. The highest BCUT2D eigenvalue weighted by atomic mass is 15.1. The van der Waals surface area contributed by atoms with Crippen molar-refractivity contribution in [2.24, 2.45) is 0 Å². The number of nitrogens with one attached hydrogen (secondary N) is 1. The van der Waals surface area contributed by atoms with E-state index >= 15 is 0 Å². The van der Waals surface area contributed by atoms with Crippen molar-refractivity contribution in [2.45, 2.75) is 6.92 Å². The van der Waals surface area contributed by atoms with E-state index in [-0.39, 0.29) is 0 Å². The number of aryl methyl sites for hydroxylation is 1. The molecule has 0 spiro atoms. The second-order valence-corrected chi connectivity index (χ2v) is 4.25. The Hall–Kier alpha value is -2.42. The molecule has 0 atom stereocenters. The molecule has 1 N–H and O–H groups in total. The van der Waals surface area contributed by atoms with E-state index in [1.54, 1.807) is 0 Å². The van der Waals surface area contributed by atoms with Crippen LogP contribution in [-0.4, -0.2) is 9.97 Å². The maximum Gasteiger partial charge on any atom is 0.227 e. The molecule has 0 aliphatic rings. The van der Waals surface area contributed by atoms with Crippen molar-refractivity contribution in [1.82, 2.24) is 9.97 Å². The lowest BCUT2D eigenvalue weighted by molar-refractivity contribution is 1.21. The summed E-state index contributed by atoms with van der Waals surface area (Å²) in [6, 6.07) is 16.1. The van der Waals surface area contributed by atoms with Crippen LogP contribution in [0, 0.1) is 6.92 Å². The molecule has 1 heterocycles. The number of aromatic nitrogens is 2. The summed E-state index contributed by atoms with van der Waals surface area (Å²) in [4.78, 5) is 8.81. The summed E-state index contributed by atoms with van der Waals surface area (Å²) >= 11 is 0. The van der Waals surface area contributed by atoms with E-state index in [9.17, 15) is 0 Å². The number of hydrogen-bond acceptors (Lipinski definition) is 3. The molecule has 2 aromatic carbocycles. The largest absolute Gasteiger partial charge is 0.324 e. The Morgan fingerprint density at radius 2 is 1.83 bits per heavy atom. The van der Waals surface area contributed by atoms with Crippen molar-refractivity contribution in [1.29, 1.82) is 0 Å². The fourth-order valence-electron chi connectivity index (χ4n) is 1.86. The quantitative estimate of drug-likeness (QED) is 0.736. The summed E-state index contributed by atoms with van der Waals surface area (Å²) < 4.78 is 0. The first-order valence-corrected chi connectivity index (χ1v) is 5.87. The molecule has 0 saturated carbocycles. The number of nitrogens with zero attached hydrogens (tertiary/aromatic N) is 2. The Bertz CT molecular complexity index is 678. The molecule has 0 aliphatic heterocycles. The highest BCUT2D eigenvalue weighted by Crippen LogP contribution is 2.17. The molecule has 18 heavy (non-hydrogen) atoms. The van der Waals surface area contributed by atoms with Gasteiger partial charge in [0.15, 0.2) is 0 Å². The van der Waals surface area contributed by atoms with Crippen molar-refractivity contribution >= 4 is 22.5 Å². The molecule has 88 valence electrons. The van der Waals surface area contributed by atoms with Gasteiger partial charge in [0.25, 0.3) is 0 Å². The maximum absolute atomic E-state index is 4.49. The summed E-state index contributed by atoms with van der Waals surface area (Å²) in [5.74, 6) is 0.623. The zero-order valence-electron chi connectivity index (χ0n) is 10.1. The van der Waals surface area contributed by atoms with Crippen molar-refractivity contribution in [3.63, 3.8) is 0 Å². The van der Waals surface area contributed by atoms with Crippen LogP contribution in [0.25, 0.3) is 10.9 Å². The van der Waals surface area contributed by atoms with Crippen LogP contribution in [-0.2, 0) is 0 Å². The lowest BCUT2D eigenvalue weighted by Crippen LogP contribution is -1.96. The zero-order chi connectivity index (χ0) is 12.4. The third kappa shape index (κ3) is 2.15. The Balaban J connectivity index is 1.96. The number of anilines is 2. The topological polar surface area (TPSA) is 37.8 Å². The smallest absolute Gasteiger partial charge is 0.227 e. The van der Waals surface area contributed by atoms with Crippen LogP contribution in [0.4, 0.5) is 11.6 Å². The van der Waals surface area contributed by atoms with Gasteiger partial charge in [-0.1, -0.05) is 29.8 Å². The summed E-state index contributed by atoms with van der Waals surface area (Å²) in [5, 5.41) is 4.25. The molecule has 0 fully saturated rings. The van der Waals surface area contributed by atoms with E-state index in [0.717, 1.165) is 16.6 Å². The molecule has 0 radical (unpaired) electrons. The second kappa shape index (κ2) is 4.45. The SMILES string of the molecule is Cc1ccc2nc(Nc3ccccc3)ncc2c1. The average molecular weight is 235 g/mol. The Kier molecular flexibility index (Phi) is 2.65. The van der Waals surface area contributed by atoms with Crippen molar-refractivity contribution in [3.05, 3.63) is 60.3 Å². The molecular formula is C15H13N3. The second-order valence-electron chi connectivity index (χ2n) is 4.25. The number of fused-ring (bicyclic) bond motifs is 1. The highest BCUT2D eigenvalue weighted by molar-refractivity contribution is 5.79. The number of rotatable bonds is 2. The van der Waals surface area contributed by atoms with Crippen molar-refractivity contribution < 1.29 is 0 Å². The van der Waals surface area contributed by atoms with Gasteiger partial charge >= 0.3 is 0 Å². The maximum atomic E-state index is 4.49. The number of para-hydroxylation sites is 1. The van der Waals surface area contributed by atoms with Crippen LogP contribution >= 0.6 is 0 Å². The predicted octanol–water partition coefficient (Wildman–Crippen LogP) is 3.68. The van der Waals surface area contributed by atoms with Crippen LogP contribution in [0.1, 0.15) is 5.56 Å². The summed E-state index contributed by atoms with van der Waals surface area (Å²) in [6.45, 7) is 2.07. The fourth-order valence-corrected chi connectivity index (χ4v) is 1.86. The molecule has 0 bridgehead atoms. The van der Waals surface area contributed by atoms with Gasteiger partial charge in [0, 0.05) is 17.3 Å². The minimum Gasteiger partial charge on any atom is -0.324 e. The normalized spacial score (nSPS) is 10.5. The van der Waals surface area contributed by atoms with Crippen LogP contribution in [0.3, 0.4) is 0 Å². The molecule has 3 heteroatoms. The molecule has 3 nitrogen and oxygen atoms in total. The van der Waals surface area contributed by atoms with E-state index < -0.39 is 0 Å². The summed E-state index contributed by atoms with van der Waals surface area (Å²) in [6.07, 6.45) is 1.85. The molecule has 0 unspecified atom stereocenters. The number of benzene rings is 2. The number of hydrogen-bond donors (Lipinski definition) is 1. The lowest BCUT2D eigenvalue weighted by Gasteiger charge is -2.05. The summed E-state index contributed by atoms with van der Waals surface area (Å²) in [7, 11) is 0. The van der Waals surface area contributed by atoms with Crippen LogP contribution < -0.4 is 5.32 Å². The van der Waals surface area contributed by atoms with Gasteiger partial charge in [0.2, 0.25) is 5.95 Å². The third-order valence-corrected chi connectivity index (χ3v) is 2.77. The van der Waals surface area contributed by atoms with Gasteiger partial charge in [-0.25, -0.2) is 9.97 Å². The minimum atomic E-state index is 0.623. The molecule has 3 rings (SSSR count).